The molecule has 0 saturated carbocycles. The Bertz CT molecular complexity index is 62.2. The van der Waals surface area contributed by atoms with Gasteiger partial charge in [0.25, 0.3) is 0 Å². The third-order valence-corrected chi connectivity index (χ3v) is 0. The average Bonchev–Trinajstić information content (AvgIpc) is 0.722. The quantitative estimate of drug-likeness (QED) is 0.290. The molecule has 48 valence electrons. The Hall–Kier alpha value is 2.19. The Kier molecular flexibility index (Phi) is 25.8. The van der Waals surface area contributed by atoms with E-state index in [1.165, 1.54) is 0 Å². The Labute approximate surface area is 90.7 Å². The fourth-order valence-electron chi connectivity index (χ4n) is 0. The first-order chi connectivity index (χ1) is 2.00. The summed E-state index contributed by atoms with van der Waals surface area (Å²) in [6.07, 6.45) is 0. The van der Waals surface area contributed by atoms with Crippen molar-refractivity contribution in [2.75, 3.05) is 0 Å². The molecule has 0 atom stereocenters. The summed E-state index contributed by atoms with van der Waals surface area (Å²) in [5.74, 6) is 0. The molecule has 0 fully saturated rings. The van der Waals surface area contributed by atoms with E-state index in [0.717, 1.165) is 0 Å². The van der Waals surface area contributed by atoms with E-state index in [0.29, 0.717) is 0 Å². The molecule has 0 saturated heterocycles. The van der Waals surface area contributed by atoms with Crippen molar-refractivity contribution in [1.29, 1.82) is 0 Å². The predicted molar refractivity (Wildman–Crippen MR) is 42.7 cm³/mol. The Balaban J connectivity index is -0.0000000267. The van der Waals surface area contributed by atoms with Crippen molar-refractivity contribution < 1.29 is 19.2 Å². The van der Waals surface area contributed by atoms with Crippen LogP contribution in [0.15, 0.2) is 0 Å². The van der Waals surface area contributed by atoms with Crippen LogP contribution in [-0.4, -0.2) is 79.2 Å². The van der Waals surface area contributed by atoms with Gasteiger partial charge in [0, 0.05) is 0 Å². The van der Waals surface area contributed by atoms with E-state index in [1.807, 2.05) is 0 Å². The molecule has 0 aliphatic heterocycles. The normalized spacial score (nSPS) is 7.38. The van der Waals surface area contributed by atoms with E-state index >= 15 is 0 Å². The first-order valence-corrected chi connectivity index (χ1v) is 2.35. The minimum absolute atomic E-state index is 0. The fourth-order valence-corrected chi connectivity index (χ4v) is 0. The molecule has 0 rings (SSSR count). The summed E-state index contributed by atoms with van der Waals surface area (Å²) in [7, 11) is -4.64. The summed E-state index contributed by atoms with van der Waals surface area (Å²) < 4.78 is 8.88. The van der Waals surface area contributed by atoms with Crippen LogP contribution in [0.1, 0.15) is 0 Å². The van der Waals surface area contributed by atoms with Gasteiger partial charge in [-0.15, -0.1) is 0 Å². The maximum atomic E-state index is 8.88. The molecule has 0 spiro atoms. The van der Waals surface area contributed by atoms with Gasteiger partial charge in [-0.25, -0.2) is 4.57 Å². The van der Waals surface area contributed by atoms with Crippen molar-refractivity contribution in [3.63, 3.8) is 0 Å². The van der Waals surface area contributed by atoms with Crippen molar-refractivity contribution in [1.82, 2.24) is 0 Å². The molecule has 0 aromatic rings. The van der Waals surface area contributed by atoms with Gasteiger partial charge in [-0.2, -0.15) is 0 Å². The summed E-state index contributed by atoms with van der Waals surface area (Å²) in [6, 6.07) is 0. The van der Waals surface area contributed by atoms with Crippen LogP contribution in [-0.2, 0) is 4.57 Å². The molecule has 8 heteroatoms. The van der Waals surface area contributed by atoms with Gasteiger partial charge < -0.3 is 14.7 Å². The van der Waals surface area contributed by atoms with E-state index in [1.54, 1.807) is 0 Å². The average molecular weight is 229 g/mol. The summed E-state index contributed by atoms with van der Waals surface area (Å²) in [6.45, 7) is 0. The Morgan fingerprint density at radius 1 is 1.12 bits per heavy atom. The number of hydrogen-bond donors (Lipinski definition) is 3. The molecule has 0 aromatic heterocycles. The van der Waals surface area contributed by atoms with E-state index < -0.39 is 7.82 Å². The third kappa shape index (κ3) is 88.5. The van der Waals surface area contributed by atoms with Crippen LogP contribution in [0.5, 0.6) is 0 Å². The molecule has 0 aromatic carbocycles. The molecule has 0 bridgehead atoms. The van der Waals surface area contributed by atoms with Crippen LogP contribution < -0.4 is 0 Å². The van der Waals surface area contributed by atoms with Gasteiger partial charge in [-0.3, -0.25) is 0 Å². The van der Waals surface area contributed by atoms with Crippen LogP contribution in [0, 0.1) is 0 Å². The summed E-state index contributed by atoms with van der Waals surface area (Å²) in [4.78, 5) is 21.6. The van der Waals surface area contributed by atoms with Crippen LogP contribution in [0.2, 0.25) is 0 Å². The second-order valence-electron chi connectivity index (χ2n) is 0.513. The first-order valence-electron chi connectivity index (χ1n) is 0.783. The van der Waals surface area contributed by atoms with E-state index in [-0.39, 0.29) is 64.5 Å². The molecule has 8 heavy (non-hydrogen) atoms. The second-order valence-corrected chi connectivity index (χ2v) is 1.54. The Morgan fingerprint density at radius 3 is 1.12 bits per heavy atom. The van der Waals surface area contributed by atoms with Crippen LogP contribution in [0.4, 0.5) is 0 Å². The summed E-state index contributed by atoms with van der Waals surface area (Å²) >= 11 is 0. The van der Waals surface area contributed by atoms with Gasteiger partial charge in [0.05, 0.1) is 0 Å². The molecule has 3 N–H and O–H groups in total. The van der Waals surface area contributed by atoms with E-state index in [4.69, 9.17) is 19.2 Å². The summed E-state index contributed by atoms with van der Waals surface area (Å²) in [5.41, 5.74) is 0. The van der Waals surface area contributed by atoms with E-state index in [9.17, 15) is 0 Å². The SMILES string of the molecule is O=P(O)(O)O.[AlH3].[GeH4].[NaH]. The van der Waals surface area contributed by atoms with Gasteiger partial charge in [-0.05, 0) is 0 Å². The van der Waals surface area contributed by atoms with Gasteiger partial charge in [0.2, 0.25) is 0 Å². The van der Waals surface area contributed by atoms with E-state index in [2.05, 4.69) is 0 Å². The van der Waals surface area contributed by atoms with Crippen molar-refractivity contribution in [2.45, 2.75) is 0 Å². The topological polar surface area (TPSA) is 77.8 Å². The number of hydrogen-bond acceptors (Lipinski definition) is 1. The van der Waals surface area contributed by atoms with Gasteiger partial charge in [0.15, 0.2) is 17.4 Å². The second kappa shape index (κ2) is 9.19. The van der Waals surface area contributed by atoms with Crippen molar-refractivity contribution in [3.05, 3.63) is 0 Å². The van der Waals surface area contributed by atoms with Crippen LogP contribution in [0.25, 0.3) is 0 Å². The predicted octanol–water partition coefficient (Wildman–Crippen LogP) is -4.21. The Morgan fingerprint density at radius 2 is 1.12 bits per heavy atom. The molecule has 0 unspecified atom stereocenters. The molecule has 0 amide bonds. The van der Waals surface area contributed by atoms with Crippen molar-refractivity contribution in [3.8, 4) is 0 Å². The number of phosphoric acid groups is 1. The zero-order valence-corrected chi connectivity index (χ0v) is 3.09. The minimum atomic E-state index is -4.64. The fraction of sp³-hybridized carbons (Fsp3) is 0. The van der Waals surface area contributed by atoms with Crippen LogP contribution >= 0.6 is 7.82 Å². The van der Waals surface area contributed by atoms with Gasteiger partial charge >= 0.3 is 55.0 Å². The zero-order chi connectivity index (χ0) is 4.50. The zero-order valence-electron chi connectivity index (χ0n) is 2.20. The third-order valence-electron chi connectivity index (χ3n) is 0. The summed E-state index contributed by atoms with van der Waals surface area (Å²) in [5, 5.41) is 0. The van der Waals surface area contributed by atoms with Crippen molar-refractivity contribution >= 4 is 72.3 Å². The molecule has 4 nitrogen and oxygen atoms in total. The van der Waals surface area contributed by atoms with Crippen LogP contribution in [0.3, 0.4) is 0 Å². The molecular weight excluding hydrogens is 218 g/mol. The van der Waals surface area contributed by atoms with Gasteiger partial charge in [0.1, 0.15) is 0 Å². The molecule has 0 heterocycles. The van der Waals surface area contributed by atoms with Crippen molar-refractivity contribution in [2.24, 2.45) is 0 Å². The molecular formula is H11AlGeNaO4P. The monoisotopic (exact) mass is 230 g/mol. The number of rotatable bonds is 0. The maximum absolute atomic E-state index is 8.88. The molecule has 0 radical (unpaired) electrons. The van der Waals surface area contributed by atoms with Gasteiger partial charge in [-0.1, -0.05) is 0 Å². The molecule has 0 aliphatic rings. The first kappa shape index (κ1) is 22.5. The molecule has 0 aliphatic carbocycles. The standard InChI is InChI=1S/Al.GeH4.Na.H3O4P.4H/c;;;1-5(2,3)4;;;;/h;1H4;;(H3,1,2,3,4);;;;.